The SMILES string of the molecule is C[C@H](C(=O)NC(C)(C)C)N1CCC[C@H](C(F)(F)F)C1. The molecule has 2 atom stereocenters. The maximum absolute atomic E-state index is 12.7. The van der Waals surface area contributed by atoms with Crippen molar-refractivity contribution in [2.45, 2.75) is 58.3 Å². The predicted octanol–water partition coefficient (Wildman–Crippen LogP) is 2.56. The van der Waals surface area contributed by atoms with Gasteiger partial charge in [-0.1, -0.05) is 0 Å². The number of hydrogen-bond acceptors (Lipinski definition) is 2. The average molecular weight is 280 g/mol. The van der Waals surface area contributed by atoms with E-state index in [-0.39, 0.29) is 24.4 Å². The Morgan fingerprint density at radius 1 is 1.32 bits per heavy atom. The molecule has 0 aliphatic carbocycles. The molecule has 0 aromatic heterocycles. The molecule has 1 aliphatic heterocycles. The number of nitrogens with zero attached hydrogens (tertiary/aromatic N) is 1. The quantitative estimate of drug-likeness (QED) is 0.843. The molecule has 1 N–H and O–H groups in total. The van der Waals surface area contributed by atoms with Crippen LogP contribution in [0.25, 0.3) is 0 Å². The monoisotopic (exact) mass is 280 g/mol. The van der Waals surface area contributed by atoms with E-state index in [4.69, 9.17) is 0 Å². The second kappa shape index (κ2) is 5.69. The summed E-state index contributed by atoms with van der Waals surface area (Å²) in [6, 6.07) is -0.524. The normalized spacial score (nSPS) is 24.1. The van der Waals surface area contributed by atoms with Crippen LogP contribution < -0.4 is 5.32 Å². The molecule has 1 rings (SSSR count). The van der Waals surface area contributed by atoms with E-state index in [0.29, 0.717) is 13.0 Å². The van der Waals surface area contributed by atoms with Crippen molar-refractivity contribution in [1.82, 2.24) is 10.2 Å². The lowest BCUT2D eigenvalue weighted by atomic mass is 9.96. The molecule has 0 bridgehead atoms. The van der Waals surface area contributed by atoms with Crippen molar-refractivity contribution >= 4 is 5.91 Å². The third kappa shape index (κ3) is 5.01. The zero-order chi connectivity index (χ0) is 14.8. The molecule has 112 valence electrons. The average Bonchev–Trinajstić information content (AvgIpc) is 2.24. The molecule has 0 aromatic rings. The second-order valence-electron chi connectivity index (χ2n) is 6.29. The van der Waals surface area contributed by atoms with Gasteiger partial charge in [-0.3, -0.25) is 9.69 Å². The first-order valence-corrected chi connectivity index (χ1v) is 6.63. The maximum atomic E-state index is 12.7. The molecule has 6 heteroatoms. The zero-order valence-corrected chi connectivity index (χ0v) is 12.0. The third-order valence-electron chi connectivity index (χ3n) is 3.34. The second-order valence-corrected chi connectivity index (χ2v) is 6.29. The minimum atomic E-state index is -4.17. The Balaban J connectivity index is 2.62. The molecule has 1 heterocycles. The van der Waals surface area contributed by atoms with E-state index in [2.05, 4.69) is 5.32 Å². The fourth-order valence-electron chi connectivity index (χ4n) is 2.27. The van der Waals surface area contributed by atoms with Crippen molar-refractivity contribution in [3.8, 4) is 0 Å². The minimum absolute atomic E-state index is 0.0811. The Hall–Kier alpha value is -0.780. The highest BCUT2D eigenvalue weighted by molar-refractivity contribution is 5.81. The molecule has 0 saturated carbocycles. The van der Waals surface area contributed by atoms with Gasteiger partial charge in [-0.05, 0) is 47.1 Å². The van der Waals surface area contributed by atoms with Crippen LogP contribution in [0.3, 0.4) is 0 Å². The van der Waals surface area contributed by atoms with Gasteiger partial charge in [-0.25, -0.2) is 0 Å². The lowest BCUT2D eigenvalue weighted by Gasteiger charge is -2.37. The number of rotatable bonds is 2. The summed E-state index contributed by atoms with van der Waals surface area (Å²) in [5.74, 6) is -1.53. The number of alkyl halides is 3. The van der Waals surface area contributed by atoms with E-state index in [0.717, 1.165) is 0 Å². The molecular formula is C13H23F3N2O. The van der Waals surface area contributed by atoms with Crippen LogP contribution in [0, 0.1) is 5.92 Å². The Labute approximate surface area is 112 Å². The molecule has 1 saturated heterocycles. The number of hydrogen-bond donors (Lipinski definition) is 1. The van der Waals surface area contributed by atoms with Gasteiger partial charge in [0.1, 0.15) is 0 Å². The van der Waals surface area contributed by atoms with E-state index >= 15 is 0 Å². The molecule has 0 radical (unpaired) electrons. The molecular weight excluding hydrogens is 257 g/mol. The molecule has 1 amide bonds. The molecule has 19 heavy (non-hydrogen) atoms. The third-order valence-corrected chi connectivity index (χ3v) is 3.34. The summed E-state index contributed by atoms with van der Waals surface area (Å²) in [6.07, 6.45) is -3.52. The van der Waals surface area contributed by atoms with Gasteiger partial charge in [-0.2, -0.15) is 13.2 Å². The van der Waals surface area contributed by atoms with Crippen LogP contribution in [0.5, 0.6) is 0 Å². The highest BCUT2D eigenvalue weighted by Crippen LogP contribution is 2.33. The van der Waals surface area contributed by atoms with Gasteiger partial charge in [-0.15, -0.1) is 0 Å². The lowest BCUT2D eigenvalue weighted by Crippen LogP contribution is -2.54. The van der Waals surface area contributed by atoms with Gasteiger partial charge in [0.25, 0.3) is 0 Å². The van der Waals surface area contributed by atoms with Crippen LogP contribution in [0.1, 0.15) is 40.5 Å². The van der Waals surface area contributed by atoms with Crippen LogP contribution in [0.4, 0.5) is 13.2 Å². The minimum Gasteiger partial charge on any atom is -0.350 e. The summed E-state index contributed by atoms with van der Waals surface area (Å²) in [4.78, 5) is 13.6. The first-order chi connectivity index (χ1) is 8.50. The number of piperidine rings is 1. The van der Waals surface area contributed by atoms with Crippen LogP contribution in [-0.4, -0.2) is 41.7 Å². The summed E-state index contributed by atoms with van der Waals surface area (Å²) in [5.41, 5.74) is -0.370. The predicted molar refractivity (Wildman–Crippen MR) is 67.7 cm³/mol. The van der Waals surface area contributed by atoms with Crippen LogP contribution in [0.2, 0.25) is 0 Å². The van der Waals surface area contributed by atoms with Crippen molar-refractivity contribution < 1.29 is 18.0 Å². The highest BCUT2D eigenvalue weighted by Gasteiger charge is 2.43. The van der Waals surface area contributed by atoms with Gasteiger partial charge < -0.3 is 5.32 Å². The Bertz CT molecular complexity index is 323. The standard InChI is InChI=1S/C13H23F3N2O/c1-9(11(19)17-12(2,3)4)18-7-5-6-10(8-18)13(14,15)16/h9-10H,5-8H2,1-4H3,(H,17,19)/t9-,10+/m1/s1. The van der Waals surface area contributed by atoms with Gasteiger partial charge in [0.2, 0.25) is 5.91 Å². The number of carbonyl (C=O) groups is 1. The maximum Gasteiger partial charge on any atom is 0.393 e. The topological polar surface area (TPSA) is 32.3 Å². The summed E-state index contributed by atoms with van der Waals surface area (Å²) in [7, 11) is 0. The molecule has 3 nitrogen and oxygen atoms in total. The fourth-order valence-corrected chi connectivity index (χ4v) is 2.27. The van der Waals surface area contributed by atoms with E-state index in [1.54, 1.807) is 11.8 Å². The van der Waals surface area contributed by atoms with Crippen molar-refractivity contribution in [2.24, 2.45) is 5.92 Å². The van der Waals surface area contributed by atoms with Crippen LogP contribution in [0.15, 0.2) is 0 Å². The summed E-state index contributed by atoms with van der Waals surface area (Å²) < 4.78 is 38.2. The fraction of sp³-hybridized carbons (Fsp3) is 0.923. The summed E-state index contributed by atoms with van der Waals surface area (Å²) in [6.45, 7) is 7.69. The van der Waals surface area contributed by atoms with Gasteiger partial charge in [0, 0.05) is 12.1 Å². The molecule has 1 aliphatic rings. The van der Waals surface area contributed by atoms with Crippen molar-refractivity contribution in [2.75, 3.05) is 13.1 Å². The molecule has 0 unspecified atom stereocenters. The van der Waals surface area contributed by atoms with Gasteiger partial charge in [0.05, 0.1) is 12.0 Å². The van der Waals surface area contributed by atoms with E-state index < -0.39 is 18.1 Å². The number of halogens is 3. The largest absolute Gasteiger partial charge is 0.393 e. The van der Waals surface area contributed by atoms with E-state index in [1.165, 1.54) is 0 Å². The Morgan fingerprint density at radius 3 is 2.37 bits per heavy atom. The van der Waals surface area contributed by atoms with Gasteiger partial charge in [0.15, 0.2) is 0 Å². The van der Waals surface area contributed by atoms with E-state index in [1.807, 2.05) is 20.8 Å². The first kappa shape index (κ1) is 16.3. The summed E-state index contributed by atoms with van der Waals surface area (Å²) >= 11 is 0. The number of amides is 1. The van der Waals surface area contributed by atoms with Crippen LogP contribution in [-0.2, 0) is 4.79 Å². The Kier molecular flexibility index (Phi) is 4.87. The van der Waals surface area contributed by atoms with Crippen molar-refractivity contribution in [3.05, 3.63) is 0 Å². The van der Waals surface area contributed by atoms with Crippen molar-refractivity contribution in [3.63, 3.8) is 0 Å². The van der Waals surface area contributed by atoms with Crippen molar-refractivity contribution in [1.29, 1.82) is 0 Å². The number of nitrogens with one attached hydrogen (secondary N) is 1. The van der Waals surface area contributed by atoms with Gasteiger partial charge >= 0.3 is 6.18 Å². The lowest BCUT2D eigenvalue weighted by molar-refractivity contribution is -0.189. The molecule has 0 aromatic carbocycles. The first-order valence-electron chi connectivity index (χ1n) is 6.63. The molecule has 1 fully saturated rings. The summed E-state index contributed by atoms with van der Waals surface area (Å²) in [5, 5.41) is 2.81. The number of carbonyl (C=O) groups excluding carboxylic acids is 1. The molecule has 0 spiro atoms. The van der Waals surface area contributed by atoms with E-state index in [9.17, 15) is 18.0 Å². The zero-order valence-electron chi connectivity index (χ0n) is 12.0. The highest BCUT2D eigenvalue weighted by atomic mass is 19.4. The smallest absolute Gasteiger partial charge is 0.350 e. The van der Waals surface area contributed by atoms with Crippen LogP contribution >= 0.6 is 0 Å². The Morgan fingerprint density at radius 2 is 1.89 bits per heavy atom. The number of likely N-dealkylation sites (tertiary alicyclic amines) is 1.